The normalized spacial score (nSPS) is 14.4. The van der Waals surface area contributed by atoms with Gasteiger partial charge in [0.2, 0.25) is 12.7 Å². The SMILES string of the molecule is CCOc1ccc(N2C(=O)C(=O)N(CC(=O)Nc3cc4c(cc3C(C)=O)OCO4)C2=O)cc1OCC. The van der Waals surface area contributed by atoms with Crippen molar-refractivity contribution in [2.24, 2.45) is 0 Å². The number of fused-ring (bicyclic) bond motifs is 1. The fraction of sp³-hybridized carbons (Fsp3) is 0.292. The summed E-state index contributed by atoms with van der Waals surface area (Å²) in [4.78, 5) is 64.2. The number of nitrogens with one attached hydrogen (secondary N) is 1. The summed E-state index contributed by atoms with van der Waals surface area (Å²) in [5.41, 5.74) is 0.358. The molecule has 12 nitrogen and oxygen atoms in total. The predicted molar refractivity (Wildman–Crippen MR) is 125 cm³/mol. The third kappa shape index (κ3) is 4.52. The van der Waals surface area contributed by atoms with E-state index in [1.807, 2.05) is 0 Å². The van der Waals surface area contributed by atoms with E-state index in [1.165, 1.54) is 37.3 Å². The van der Waals surface area contributed by atoms with Crippen molar-refractivity contribution in [3.8, 4) is 23.0 Å². The smallest absolute Gasteiger partial charge is 0.339 e. The molecule has 0 spiro atoms. The summed E-state index contributed by atoms with van der Waals surface area (Å²) in [6.45, 7) is 4.76. The van der Waals surface area contributed by atoms with Gasteiger partial charge in [-0.05, 0) is 39.0 Å². The molecule has 1 saturated heterocycles. The van der Waals surface area contributed by atoms with E-state index in [1.54, 1.807) is 13.8 Å². The van der Waals surface area contributed by atoms with Gasteiger partial charge in [0.1, 0.15) is 6.54 Å². The Hall–Kier alpha value is -4.61. The number of amides is 5. The third-order valence-electron chi connectivity index (χ3n) is 5.31. The van der Waals surface area contributed by atoms with E-state index in [0.29, 0.717) is 46.0 Å². The average molecular weight is 497 g/mol. The summed E-state index contributed by atoms with van der Waals surface area (Å²) < 4.78 is 21.5. The molecule has 2 aromatic carbocycles. The number of hydrogen-bond donors (Lipinski definition) is 1. The number of anilines is 2. The molecule has 2 aliphatic heterocycles. The van der Waals surface area contributed by atoms with Crippen LogP contribution in [-0.2, 0) is 14.4 Å². The van der Waals surface area contributed by atoms with Crippen LogP contribution in [0.25, 0.3) is 0 Å². The number of ketones is 1. The number of rotatable bonds is 9. The lowest BCUT2D eigenvalue weighted by Gasteiger charge is -2.18. The Morgan fingerprint density at radius 1 is 0.944 bits per heavy atom. The van der Waals surface area contributed by atoms with Crippen LogP contribution in [-0.4, -0.2) is 61.0 Å². The topological polar surface area (TPSA) is 141 Å². The van der Waals surface area contributed by atoms with Gasteiger partial charge in [-0.3, -0.25) is 19.2 Å². The lowest BCUT2D eigenvalue weighted by atomic mass is 10.1. The number of imide groups is 2. The maximum Gasteiger partial charge on any atom is 0.339 e. The van der Waals surface area contributed by atoms with Crippen LogP contribution in [0.4, 0.5) is 16.2 Å². The number of urea groups is 1. The lowest BCUT2D eigenvalue weighted by Crippen LogP contribution is -2.39. The van der Waals surface area contributed by atoms with Crippen LogP contribution < -0.4 is 29.2 Å². The molecule has 0 saturated carbocycles. The van der Waals surface area contributed by atoms with Crippen LogP contribution in [0, 0.1) is 0 Å². The first-order valence-corrected chi connectivity index (χ1v) is 11.1. The summed E-state index contributed by atoms with van der Waals surface area (Å²) in [5, 5.41) is 2.50. The molecule has 0 radical (unpaired) electrons. The van der Waals surface area contributed by atoms with Crippen LogP contribution in [0.2, 0.25) is 0 Å². The molecule has 36 heavy (non-hydrogen) atoms. The Morgan fingerprint density at radius 2 is 1.61 bits per heavy atom. The van der Waals surface area contributed by atoms with Crippen LogP contribution in [0.5, 0.6) is 23.0 Å². The molecule has 1 N–H and O–H groups in total. The fourth-order valence-electron chi connectivity index (χ4n) is 3.72. The molecule has 0 aromatic heterocycles. The second-order valence-corrected chi connectivity index (χ2v) is 7.67. The van der Waals surface area contributed by atoms with Gasteiger partial charge in [0.15, 0.2) is 28.8 Å². The van der Waals surface area contributed by atoms with Crippen molar-refractivity contribution in [2.45, 2.75) is 20.8 Å². The van der Waals surface area contributed by atoms with Crippen molar-refractivity contribution in [3.63, 3.8) is 0 Å². The molecule has 0 atom stereocenters. The van der Waals surface area contributed by atoms with Gasteiger partial charge in [-0.25, -0.2) is 14.6 Å². The summed E-state index contributed by atoms with van der Waals surface area (Å²) >= 11 is 0. The summed E-state index contributed by atoms with van der Waals surface area (Å²) in [7, 11) is 0. The van der Waals surface area contributed by atoms with E-state index in [4.69, 9.17) is 18.9 Å². The first kappa shape index (κ1) is 24.5. The zero-order chi connectivity index (χ0) is 26.0. The zero-order valence-corrected chi connectivity index (χ0v) is 19.8. The van der Waals surface area contributed by atoms with Crippen molar-refractivity contribution in [2.75, 3.05) is 36.8 Å². The van der Waals surface area contributed by atoms with E-state index in [0.717, 1.165) is 0 Å². The van der Waals surface area contributed by atoms with Crippen LogP contribution in [0.1, 0.15) is 31.1 Å². The second-order valence-electron chi connectivity index (χ2n) is 7.67. The van der Waals surface area contributed by atoms with Gasteiger partial charge < -0.3 is 24.3 Å². The largest absolute Gasteiger partial charge is 0.490 e. The molecule has 0 unspecified atom stereocenters. The molecular weight excluding hydrogens is 474 g/mol. The van der Waals surface area contributed by atoms with E-state index in [-0.39, 0.29) is 29.5 Å². The molecule has 2 heterocycles. The Labute approximate surface area is 205 Å². The van der Waals surface area contributed by atoms with Gasteiger partial charge in [0.25, 0.3) is 0 Å². The number of carbonyl (C=O) groups is 5. The van der Waals surface area contributed by atoms with E-state index in [2.05, 4.69) is 5.32 Å². The number of hydrogen-bond acceptors (Lipinski definition) is 9. The summed E-state index contributed by atoms with van der Waals surface area (Å²) in [6.07, 6.45) is 0. The second kappa shape index (κ2) is 9.94. The average Bonchev–Trinajstić information content (AvgIpc) is 3.38. The molecule has 188 valence electrons. The molecule has 2 aromatic rings. The van der Waals surface area contributed by atoms with E-state index < -0.39 is 30.3 Å². The highest BCUT2D eigenvalue weighted by atomic mass is 16.7. The minimum Gasteiger partial charge on any atom is -0.490 e. The van der Waals surface area contributed by atoms with Crippen molar-refractivity contribution in [3.05, 3.63) is 35.9 Å². The predicted octanol–water partition coefficient (Wildman–Crippen LogP) is 2.35. The lowest BCUT2D eigenvalue weighted by molar-refractivity contribution is -0.140. The first-order valence-electron chi connectivity index (χ1n) is 11.1. The fourth-order valence-corrected chi connectivity index (χ4v) is 3.72. The minimum absolute atomic E-state index is 0.0324. The van der Waals surface area contributed by atoms with Crippen LogP contribution in [0.15, 0.2) is 30.3 Å². The van der Waals surface area contributed by atoms with Crippen LogP contribution in [0.3, 0.4) is 0 Å². The zero-order valence-electron chi connectivity index (χ0n) is 19.8. The summed E-state index contributed by atoms with van der Waals surface area (Å²) in [6, 6.07) is 6.22. The molecule has 0 aliphatic carbocycles. The molecular formula is C24H23N3O9. The van der Waals surface area contributed by atoms with Gasteiger partial charge in [0, 0.05) is 17.7 Å². The van der Waals surface area contributed by atoms with Gasteiger partial charge in [-0.1, -0.05) is 0 Å². The van der Waals surface area contributed by atoms with Gasteiger partial charge in [-0.2, -0.15) is 0 Å². The van der Waals surface area contributed by atoms with Gasteiger partial charge in [-0.15, -0.1) is 0 Å². The van der Waals surface area contributed by atoms with Crippen molar-refractivity contribution < 1.29 is 42.9 Å². The Morgan fingerprint density at radius 3 is 2.28 bits per heavy atom. The Balaban J connectivity index is 1.54. The van der Waals surface area contributed by atoms with Crippen LogP contribution >= 0.6 is 0 Å². The van der Waals surface area contributed by atoms with E-state index >= 15 is 0 Å². The maximum absolute atomic E-state index is 13.0. The molecule has 12 heteroatoms. The number of benzene rings is 2. The number of Topliss-reactive ketones (excluding diaryl/α,β-unsaturated/α-hetero) is 1. The van der Waals surface area contributed by atoms with Crippen molar-refractivity contribution >= 4 is 40.9 Å². The molecule has 4 rings (SSSR count). The number of ether oxygens (including phenoxy) is 4. The monoisotopic (exact) mass is 497 g/mol. The highest BCUT2D eigenvalue weighted by molar-refractivity contribution is 6.53. The number of nitrogens with zero attached hydrogens (tertiary/aromatic N) is 2. The molecule has 0 bridgehead atoms. The number of carbonyl (C=O) groups excluding carboxylic acids is 5. The third-order valence-corrected chi connectivity index (χ3v) is 5.31. The highest BCUT2D eigenvalue weighted by Gasteiger charge is 2.46. The van der Waals surface area contributed by atoms with Crippen molar-refractivity contribution in [1.29, 1.82) is 0 Å². The molecule has 2 aliphatic rings. The van der Waals surface area contributed by atoms with Gasteiger partial charge in [0.05, 0.1) is 24.6 Å². The Bertz CT molecular complexity index is 1270. The molecule has 1 fully saturated rings. The summed E-state index contributed by atoms with van der Waals surface area (Å²) in [5.74, 6) is -2.05. The molecule has 5 amide bonds. The maximum atomic E-state index is 13.0. The first-order chi connectivity index (χ1) is 17.2. The van der Waals surface area contributed by atoms with Crippen molar-refractivity contribution in [1.82, 2.24) is 4.90 Å². The highest BCUT2D eigenvalue weighted by Crippen LogP contribution is 2.37. The Kier molecular flexibility index (Phi) is 6.77. The standard InChI is InChI=1S/C24H23N3O9/c1-4-33-17-7-6-14(8-18(17)34-5-2)27-23(31)22(30)26(24(27)32)11-21(29)25-16-10-20-19(35-12-36-20)9-15(16)13(3)28/h6-10H,4-5,11-12H2,1-3H3,(H,25,29). The van der Waals surface area contributed by atoms with Gasteiger partial charge >= 0.3 is 17.8 Å². The minimum atomic E-state index is -1.17. The van der Waals surface area contributed by atoms with E-state index in [9.17, 15) is 24.0 Å². The quantitative estimate of drug-likeness (QED) is 0.314.